The highest BCUT2D eigenvalue weighted by Crippen LogP contribution is 2.28. The molecule has 2 aliphatic heterocycles. The largest absolute Gasteiger partial charge is 0.485 e. The van der Waals surface area contributed by atoms with Crippen molar-refractivity contribution in [2.45, 2.75) is 25.2 Å². The lowest BCUT2D eigenvalue weighted by atomic mass is 10.1. The van der Waals surface area contributed by atoms with Crippen molar-refractivity contribution >= 4 is 28.2 Å². The molecule has 0 radical (unpaired) electrons. The van der Waals surface area contributed by atoms with E-state index in [0.717, 1.165) is 28.1 Å². The van der Waals surface area contributed by atoms with E-state index in [1.54, 1.807) is 18.0 Å². The van der Waals surface area contributed by atoms with Gasteiger partial charge >= 0.3 is 0 Å². The standard InChI is InChI=1S/C20H20N4O4S/c1-12-19(29-23-22-12)20(25)24-8-17-18(9-24)27-11-14(10-26-17)28-16-4-2-3-13-7-21-6-5-15(13)16/h2-7,14,17-18H,8-11H2,1H3/t17-,18-/m0/s1. The van der Waals surface area contributed by atoms with Gasteiger partial charge in [-0.05, 0) is 30.6 Å². The molecule has 3 aromatic rings. The van der Waals surface area contributed by atoms with Gasteiger partial charge in [-0.15, -0.1) is 5.10 Å². The number of carbonyl (C=O) groups is 1. The highest BCUT2D eigenvalue weighted by atomic mass is 32.1. The van der Waals surface area contributed by atoms with Gasteiger partial charge in [-0.1, -0.05) is 16.6 Å². The number of likely N-dealkylation sites (tertiary alicyclic amines) is 1. The van der Waals surface area contributed by atoms with Gasteiger partial charge in [-0.3, -0.25) is 9.78 Å². The minimum absolute atomic E-state index is 0.0602. The number of aryl methyl sites for hydroxylation is 1. The van der Waals surface area contributed by atoms with Gasteiger partial charge in [0.05, 0.1) is 18.9 Å². The van der Waals surface area contributed by atoms with Crippen molar-refractivity contribution in [3.8, 4) is 5.75 Å². The molecule has 2 aliphatic rings. The van der Waals surface area contributed by atoms with E-state index < -0.39 is 0 Å². The van der Waals surface area contributed by atoms with Crippen molar-refractivity contribution < 1.29 is 19.0 Å². The van der Waals surface area contributed by atoms with Crippen LogP contribution in [0.1, 0.15) is 15.4 Å². The van der Waals surface area contributed by atoms with Crippen molar-refractivity contribution in [3.05, 3.63) is 47.2 Å². The first-order valence-corrected chi connectivity index (χ1v) is 10.3. The molecule has 2 saturated heterocycles. The number of hydrogen-bond donors (Lipinski definition) is 0. The Kier molecular flexibility index (Phi) is 4.86. The second-order valence-corrected chi connectivity index (χ2v) is 7.99. The number of rotatable bonds is 3. The SMILES string of the molecule is Cc1nnsc1C(=O)N1C[C@@H]2OCC(Oc3cccc4cnccc34)CO[C@H]2C1. The van der Waals surface area contributed by atoms with E-state index in [1.165, 1.54) is 0 Å². The molecule has 0 aliphatic carbocycles. The third kappa shape index (κ3) is 3.57. The molecule has 5 rings (SSSR count). The van der Waals surface area contributed by atoms with Crippen molar-refractivity contribution in [1.82, 2.24) is 19.5 Å². The predicted molar refractivity (Wildman–Crippen MR) is 106 cm³/mol. The number of aromatic nitrogens is 3. The highest BCUT2D eigenvalue weighted by molar-refractivity contribution is 7.07. The molecule has 2 fully saturated rings. The summed E-state index contributed by atoms with van der Waals surface area (Å²) < 4.78 is 22.2. The zero-order valence-corrected chi connectivity index (χ0v) is 16.7. The lowest BCUT2D eigenvalue weighted by Crippen LogP contribution is -2.32. The second-order valence-electron chi connectivity index (χ2n) is 7.23. The monoisotopic (exact) mass is 412 g/mol. The summed E-state index contributed by atoms with van der Waals surface area (Å²) in [6.07, 6.45) is 3.04. The summed E-state index contributed by atoms with van der Waals surface area (Å²) in [6, 6.07) is 7.84. The number of ether oxygens (including phenoxy) is 3. The van der Waals surface area contributed by atoms with Crippen LogP contribution in [0.25, 0.3) is 10.8 Å². The van der Waals surface area contributed by atoms with Crippen LogP contribution in [0.15, 0.2) is 36.7 Å². The van der Waals surface area contributed by atoms with Crippen LogP contribution in [0.5, 0.6) is 5.75 Å². The molecule has 1 aromatic carbocycles. The van der Waals surface area contributed by atoms with Gasteiger partial charge in [-0.25, -0.2) is 0 Å². The molecule has 0 bridgehead atoms. The Bertz CT molecular complexity index is 1020. The maximum Gasteiger partial charge on any atom is 0.267 e. The quantitative estimate of drug-likeness (QED) is 0.651. The van der Waals surface area contributed by atoms with Gasteiger partial charge in [0.2, 0.25) is 0 Å². The van der Waals surface area contributed by atoms with Crippen LogP contribution in [0.2, 0.25) is 0 Å². The molecule has 0 N–H and O–H groups in total. The average Bonchev–Trinajstić information content (AvgIpc) is 3.31. The van der Waals surface area contributed by atoms with Crippen LogP contribution in [0.4, 0.5) is 0 Å². The van der Waals surface area contributed by atoms with E-state index in [4.69, 9.17) is 14.2 Å². The van der Waals surface area contributed by atoms with Crippen LogP contribution in [0.3, 0.4) is 0 Å². The van der Waals surface area contributed by atoms with Crippen LogP contribution in [-0.2, 0) is 9.47 Å². The van der Waals surface area contributed by atoms with Gasteiger partial charge in [0.1, 0.15) is 28.9 Å². The van der Waals surface area contributed by atoms with Crippen LogP contribution in [-0.4, -0.2) is 70.0 Å². The Hall–Kier alpha value is -2.62. The van der Waals surface area contributed by atoms with Crippen molar-refractivity contribution in [1.29, 1.82) is 0 Å². The minimum Gasteiger partial charge on any atom is -0.485 e. The van der Waals surface area contributed by atoms with Gasteiger partial charge in [0, 0.05) is 36.3 Å². The third-order valence-corrected chi connectivity index (χ3v) is 6.09. The van der Waals surface area contributed by atoms with E-state index in [-0.39, 0.29) is 24.2 Å². The molecule has 0 saturated carbocycles. The number of hydrogen-bond acceptors (Lipinski definition) is 8. The predicted octanol–water partition coefficient (Wildman–Crippen LogP) is 2.08. The fourth-order valence-corrected chi connectivity index (χ4v) is 4.38. The number of fused-ring (bicyclic) bond motifs is 2. The van der Waals surface area contributed by atoms with E-state index in [2.05, 4.69) is 14.6 Å². The minimum atomic E-state index is -0.212. The molecule has 9 heteroatoms. The van der Waals surface area contributed by atoms with Crippen molar-refractivity contribution in [2.75, 3.05) is 26.3 Å². The fourth-order valence-electron chi connectivity index (χ4n) is 3.75. The summed E-state index contributed by atoms with van der Waals surface area (Å²) in [5, 5.41) is 5.96. The molecule has 2 aromatic heterocycles. The molecule has 4 heterocycles. The molecular formula is C20H20N4O4S. The van der Waals surface area contributed by atoms with Gasteiger partial charge in [0.15, 0.2) is 0 Å². The molecule has 0 unspecified atom stereocenters. The lowest BCUT2D eigenvalue weighted by molar-refractivity contribution is -0.00461. The maximum atomic E-state index is 12.7. The summed E-state index contributed by atoms with van der Waals surface area (Å²) in [6.45, 7) is 3.60. The Morgan fingerprint density at radius 2 is 2.00 bits per heavy atom. The van der Waals surface area contributed by atoms with Gasteiger partial charge in [0.25, 0.3) is 5.91 Å². The first-order chi connectivity index (χ1) is 14.2. The molecule has 150 valence electrons. The summed E-state index contributed by atoms with van der Waals surface area (Å²) in [5.41, 5.74) is 0.660. The second kappa shape index (κ2) is 7.66. The van der Waals surface area contributed by atoms with Crippen LogP contribution in [0, 0.1) is 6.92 Å². The molecular weight excluding hydrogens is 392 g/mol. The summed E-state index contributed by atoms with van der Waals surface area (Å²) in [5.74, 6) is 0.731. The third-order valence-electron chi connectivity index (χ3n) is 5.28. The normalized spacial score (nSPS) is 22.4. The molecule has 2 atom stereocenters. The van der Waals surface area contributed by atoms with E-state index >= 15 is 0 Å². The van der Waals surface area contributed by atoms with Crippen LogP contribution < -0.4 is 4.74 Å². The zero-order chi connectivity index (χ0) is 19.8. The first-order valence-electron chi connectivity index (χ1n) is 9.50. The number of carbonyl (C=O) groups excluding carboxylic acids is 1. The number of nitrogens with zero attached hydrogens (tertiary/aromatic N) is 4. The lowest BCUT2D eigenvalue weighted by Gasteiger charge is -2.20. The maximum absolute atomic E-state index is 12.7. The van der Waals surface area contributed by atoms with E-state index in [1.807, 2.05) is 30.5 Å². The topological polar surface area (TPSA) is 86.7 Å². The molecule has 1 amide bonds. The van der Waals surface area contributed by atoms with Crippen LogP contribution >= 0.6 is 11.5 Å². The van der Waals surface area contributed by atoms with E-state index in [0.29, 0.717) is 36.9 Å². The Morgan fingerprint density at radius 3 is 2.72 bits per heavy atom. The fraction of sp³-hybridized carbons (Fsp3) is 0.400. The molecule has 8 nitrogen and oxygen atoms in total. The summed E-state index contributed by atoms with van der Waals surface area (Å²) in [4.78, 5) is 19.2. The number of benzene rings is 1. The number of amides is 1. The van der Waals surface area contributed by atoms with Crippen molar-refractivity contribution in [2.24, 2.45) is 0 Å². The Balaban J connectivity index is 1.24. The molecule has 0 spiro atoms. The van der Waals surface area contributed by atoms with E-state index in [9.17, 15) is 4.79 Å². The highest BCUT2D eigenvalue weighted by Gasteiger charge is 2.40. The Labute approximate surface area is 171 Å². The average molecular weight is 412 g/mol. The zero-order valence-electron chi connectivity index (χ0n) is 15.9. The Morgan fingerprint density at radius 1 is 1.21 bits per heavy atom. The van der Waals surface area contributed by atoms with Gasteiger partial charge in [-0.2, -0.15) is 0 Å². The smallest absolute Gasteiger partial charge is 0.267 e. The summed E-state index contributed by atoms with van der Waals surface area (Å²) in [7, 11) is 0. The number of pyridine rings is 1. The van der Waals surface area contributed by atoms with Gasteiger partial charge < -0.3 is 19.1 Å². The summed E-state index contributed by atoms with van der Waals surface area (Å²) >= 11 is 1.13. The van der Waals surface area contributed by atoms with Crippen molar-refractivity contribution in [3.63, 3.8) is 0 Å². The molecule has 29 heavy (non-hydrogen) atoms. The first kappa shape index (κ1) is 18.4.